The summed E-state index contributed by atoms with van der Waals surface area (Å²) in [5.74, 6) is 0. The number of hydrogen-bond acceptors (Lipinski definition) is 2. The first-order valence-corrected chi connectivity index (χ1v) is 8.84. The van der Waals surface area contributed by atoms with Crippen molar-refractivity contribution in [3.8, 4) is 0 Å². The van der Waals surface area contributed by atoms with E-state index in [9.17, 15) is 0 Å². The predicted molar refractivity (Wildman–Crippen MR) is 91.2 cm³/mol. The van der Waals surface area contributed by atoms with Crippen LogP contribution in [0.3, 0.4) is 0 Å². The van der Waals surface area contributed by atoms with Crippen LogP contribution >= 0.6 is 11.6 Å². The molecule has 1 aromatic carbocycles. The normalized spacial score (nSPS) is 21.1. The van der Waals surface area contributed by atoms with Crippen LogP contribution in [-0.2, 0) is 6.54 Å². The largest absolute Gasteiger partial charge is 0.371 e. The van der Waals surface area contributed by atoms with Gasteiger partial charge >= 0.3 is 0 Å². The van der Waals surface area contributed by atoms with Gasteiger partial charge in [-0.2, -0.15) is 0 Å². The van der Waals surface area contributed by atoms with Crippen molar-refractivity contribution in [2.24, 2.45) is 5.41 Å². The van der Waals surface area contributed by atoms with Crippen LogP contribution in [0.2, 0.25) is 5.02 Å². The van der Waals surface area contributed by atoms with E-state index in [0.717, 1.165) is 18.1 Å². The summed E-state index contributed by atoms with van der Waals surface area (Å²) in [6, 6.07) is 6.35. The lowest BCUT2D eigenvalue weighted by Gasteiger charge is -2.41. The number of nitrogens with zero attached hydrogens (tertiary/aromatic N) is 1. The van der Waals surface area contributed by atoms with E-state index in [-0.39, 0.29) is 0 Å². The zero-order valence-corrected chi connectivity index (χ0v) is 13.9. The van der Waals surface area contributed by atoms with Crippen LogP contribution in [0.25, 0.3) is 0 Å². The molecular weight excluding hydrogens is 280 g/mol. The summed E-state index contributed by atoms with van der Waals surface area (Å²) in [6.45, 7) is 6.48. The number of rotatable bonds is 4. The Balaban J connectivity index is 1.73. The molecule has 1 saturated heterocycles. The van der Waals surface area contributed by atoms with E-state index in [1.165, 1.54) is 62.9 Å². The molecule has 116 valence electrons. The molecule has 2 aliphatic rings. The SMILES string of the molecule is CCNCc1ccc(Cl)cc1N1CCC2(CCCC2)CC1. The first-order chi connectivity index (χ1) is 10.2. The third-order valence-corrected chi connectivity index (χ3v) is 5.68. The lowest BCUT2D eigenvalue weighted by molar-refractivity contribution is 0.226. The van der Waals surface area contributed by atoms with Gasteiger partial charge in [0.05, 0.1) is 0 Å². The second-order valence-electron chi connectivity index (χ2n) is 6.75. The number of piperidine rings is 1. The van der Waals surface area contributed by atoms with Gasteiger partial charge in [-0.25, -0.2) is 0 Å². The van der Waals surface area contributed by atoms with Crippen molar-refractivity contribution < 1.29 is 0 Å². The molecule has 0 radical (unpaired) electrons. The second-order valence-corrected chi connectivity index (χ2v) is 7.18. The Labute approximate surface area is 133 Å². The summed E-state index contributed by atoms with van der Waals surface area (Å²) in [5.41, 5.74) is 3.40. The summed E-state index contributed by atoms with van der Waals surface area (Å²) < 4.78 is 0. The number of hydrogen-bond donors (Lipinski definition) is 1. The number of benzene rings is 1. The second kappa shape index (κ2) is 6.58. The quantitative estimate of drug-likeness (QED) is 0.874. The van der Waals surface area contributed by atoms with E-state index in [4.69, 9.17) is 11.6 Å². The van der Waals surface area contributed by atoms with Gasteiger partial charge in [-0.05, 0) is 55.3 Å². The van der Waals surface area contributed by atoms with Crippen molar-refractivity contribution in [1.82, 2.24) is 5.32 Å². The van der Waals surface area contributed by atoms with Crippen molar-refractivity contribution >= 4 is 17.3 Å². The highest BCUT2D eigenvalue weighted by Crippen LogP contribution is 2.47. The Bertz CT molecular complexity index is 470. The first kappa shape index (κ1) is 15.2. The lowest BCUT2D eigenvalue weighted by atomic mass is 9.77. The molecule has 0 bridgehead atoms. The smallest absolute Gasteiger partial charge is 0.0426 e. The Morgan fingerprint density at radius 2 is 1.86 bits per heavy atom. The maximum atomic E-state index is 6.24. The zero-order chi connectivity index (χ0) is 14.7. The fourth-order valence-electron chi connectivity index (χ4n) is 4.09. The highest BCUT2D eigenvalue weighted by molar-refractivity contribution is 6.30. The minimum atomic E-state index is 0.677. The average molecular weight is 307 g/mol. The molecule has 2 nitrogen and oxygen atoms in total. The summed E-state index contributed by atoms with van der Waals surface area (Å²) in [5, 5.41) is 4.30. The number of anilines is 1. The highest BCUT2D eigenvalue weighted by atomic mass is 35.5. The summed E-state index contributed by atoms with van der Waals surface area (Å²) in [7, 11) is 0. The Morgan fingerprint density at radius 1 is 1.14 bits per heavy atom. The molecule has 1 aliphatic carbocycles. The van der Waals surface area contributed by atoms with Gasteiger partial charge in [0.1, 0.15) is 0 Å². The van der Waals surface area contributed by atoms with E-state index < -0.39 is 0 Å². The summed E-state index contributed by atoms with van der Waals surface area (Å²) in [6.07, 6.45) is 8.53. The maximum Gasteiger partial charge on any atom is 0.0426 e. The van der Waals surface area contributed by atoms with Crippen molar-refractivity contribution in [3.63, 3.8) is 0 Å². The minimum absolute atomic E-state index is 0.677. The number of halogens is 1. The molecule has 21 heavy (non-hydrogen) atoms. The fourth-order valence-corrected chi connectivity index (χ4v) is 4.25. The molecule has 1 N–H and O–H groups in total. The number of nitrogens with one attached hydrogen (secondary N) is 1. The van der Waals surface area contributed by atoms with Crippen LogP contribution in [0.15, 0.2) is 18.2 Å². The monoisotopic (exact) mass is 306 g/mol. The fraction of sp³-hybridized carbons (Fsp3) is 0.667. The molecule has 1 aromatic rings. The molecule has 2 fully saturated rings. The molecule has 0 amide bonds. The van der Waals surface area contributed by atoms with E-state index in [2.05, 4.69) is 29.3 Å². The van der Waals surface area contributed by atoms with Crippen molar-refractivity contribution in [2.45, 2.75) is 52.0 Å². The van der Waals surface area contributed by atoms with E-state index in [1.54, 1.807) is 0 Å². The Kier molecular flexibility index (Phi) is 4.75. The molecule has 1 heterocycles. The van der Waals surface area contributed by atoms with Gasteiger partial charge in [-0.1, -0.05) is 37.4 Å². The minimum Gasteiger partial charge on any atom is -0.371 e. The van der Waals surface area contributed by atoms with Crippen LogP contribution < -0.4 is 10.2 Å². The predicted octanol–water partition coefficient (Wildman–Crippen LogP) is 4.61. The molecule has 1 saturated carbocycles. The molecular formula is C18H27ClN2. The third kappa shape index (κ3) is 3.37. The Hall–Kier alpha value is -0.730. The van der Waals surface area contributed by atoms with Gasteiger partial charge in [-0.3, -0.25) is 0 Å². The van der Waals surface area contributed by atoms with Crippen molar-refractivity contribution in [3.05, 3.63) is 28.8 Å². The third-order valence-electron chi connectivity index (χ3n) is 5.44. The lowest BCUT2D eigenvalue weighted by Crippen LogP contribution is -2.39. The maximum absolute atomic E-state index is 6.24. The highest BCUT2D eigenvalue weighted by Gasteiger charge is 2.37. The van der Waals surface area contributed by atoms with Gasteiger partial charge in [0.15, 0.2) is 0 Å². The standard InChI is InChI=1S/C18H27ClN2/c1-2-20-14-15-5-6-16(19)13-17(15)21-11-9-18(10-12-21)7-3-4-8-18/h5-6,13,20H,2-4,7-12,14H2,1H3. The molecule has 1 aliphatic heterocycles. The van der Waals surface area contributed by atoms with Gasteiger partial charge in [0, 0.05) is 30.3 Å². The Morgan fingerprint density at radius 3 is 2.52 bits per heavy atom. The summed E-state index contributed by atoms with van der Waals surface area (Å²) >= 11 is 6.24. The van der Waals surface area contributed by atoms with Crippen molar-refractivity contribution in [1.29, 1.82) is 0 Å². The first-order valence-electron chi connectivity index (χ1n) is 8.47. The molecule has 0 unspecified atom stereocenters. The van der Waals surface area contributed by atoms with Gasteiger partial charge < -0.3 is 10.2 Å². The van der Waals surface area contributed by atoms with Gasteiger partial charge in [-0.15, -0.1) is 0 Å². The van der Waals surface area contributed by atoms with Crippen LogP contribution in [-0.4, -0.2) is 19.6 Å². The molecule has 3 heteroatoms. The van der Waals surface area contributed by atoms with Gasteiger partial charge in [0.25, 0.3) is 0 Å². The topological polar surface area (TPSA) is 15.3 Å². The van der Waals surface area contributed by atoms with Gasteiger partial charge in [0.2, 0.25) is 0 Å². The van der Waals surface area contributed by atoms with Crippen LogP contribution in [0.1, 0.15) is 51.0 Å². The molecule has 1 spiro atoms. The zero-order valence-electron chi connectivity index (χ0n) is 13.1. The van der Waals surface area contributed by atoms with Crippen LogP contribution in [0.4, 0.5) is 5.69 Å². The van der Waals surface area contributed by atoms with Crippen molar-refractivity contribution in [2.75, 3.05) is 24.5 Å². The van der Waals surface area contributed by atoms with Crippen LogP contribution in [0, 0.1) is 5.41 Å². The molecule has 3 rings (SSSR count). The van der Waals surface area contributed by atoms with E-state index in [0.29, 0.717) is 5.41 Å². The summed E-state index contributed by atoms with van der Waals surface area (Å²) in [4.78, 5) is 2.56. The average Bonchev–Trinajstić information content (AvgIpc) is 2.95. The van der Waals surface area contributed by atoms with E-state index >= 15 is 0 Å². The molecule has 0 aromatic heterocycles. The van der Waals surface area contributed by atoms with E-state index in [1.807, 2.05) is 6.07 Å². The van der Waals surface area contributed by atoms with Crippen LogP contribution in [0.5, 0.6) is 0 Å². The molecule has 0 atom stereocenters.